The van der Waals surface area contributed by atoms with Crippen molar-refractivity contribution < 1.29 is 47.6 Å². The van der Waals surface area contributed by atoms with Crippen LogP contribution in [0.15, 0.2) is 35.7 Å². The van der Waals surface area contributed by atoms with E-state index in [4.69, 9.17) is 14.2 Å². The Bertz CT molecular complexity index is 1140. The van der Waals surface area contributed by atoms with Crippen molar-refractivity contribution in [2.45, 2.75) is 25.0 Å². The first-order valence-electron chi connectivity index (χ1n) is 9.16. The number of ether oxygens (including phenoxy) is 3. The number of nitro benzene ring substituents is 1. The maximum Gasteiger partial charge on any atom is 0.508 e. The molecule has 1 unspecified atom stereocenters. The third-order valence-corrected chi connectivity index (χ3v) is 6.52. The molecule has 1 N–H and O–H groups in total. The Morgan fingerprint density at radius 1 is 1.36 bits per heavy atom. The zero-order chi connectivity index (χ0) is 24.4. The number of carboxylic acid groups (broad SMARTS) is 1. The van der Waals surface area contributed by atoms with Gasteiger partial charge >= 0.3 is 17.2 Å². The van der Waals surface area contributed by atoms with Gasteiger partial charge in [0.1, 0.15) is 24.0 Å². The van der Waals surface area contributed by atoms with Crippen LogP contribution in [0.25, 0.3) is 5.53 Å². The number of non-ortho nitro benzene ring substituents is 1. The van der Waals surface area contributed by atoms with Crippen LogP contribution in [-0.4, -0.2) is 65.6 Å². The number of carbonyl (C=O) groups is 3. The Kier molecular flexibility index (Phi) is 6.55. The predicted molar refractivity (Wildman–Crippen MR) is 106 cm³/mol. The smallest absolute Gasteiger partial charge is 0.487 e. The van der Waals surface area contributed by atoms with Crippen LogP contribution >= 0.6 is 0 Å². The zero-order valence-electron chi connectivity index (χ0n) is 17.1. The van der Waals surface area contributed by atoms with E-state index >= 15 is 0 Å². The van der Waals surface area contributed by atoms with E-state index in [0.717, 1.165) is 12.0 Å². The molecule has 1 saturated heterocycles. The number of fused-ring (bicyclic) bond motifs is 1. The molecule has 3 rings (SSSR count). The quantitative estimate of drug-likeness (QED) is 0.145. The third-order valence-electron chi connectivity index (χ3n) is 4.93. The van der Waals surface area contributed by atoms with Gasteiger partial charge in [-0.1, -0.05) is 0 Å². The molecule has 1 aromatic carbocycles. The third kappa shape index (κ3) is 4.18. The van der Waals surface area contributed by atoms with Gasteiger partial charge in [-0.3, -0.25) is 19.8 Å². The van der Waals surface area contributed by atoms with Gasteiger partial charge < -0.3 is 24.8 Å². The first-order valence-corrected chi connectivity index (χ1v) is 10.4. The summed E-state index contributed by atoms with van der Waals surface area (Å²) in [7, 11) is -1.12. The van der Waals surface area contributed by atoms with Crippen LogP contribution in [0.2, 0.25) is 0 Å². The zero-order valence-corrected chi connectivity index (χ0v) is 17.9. The Labute approximate surface area is 187 Å². The number of nitrogens with zero attached hydrogens (tertiary/aromatic N) is 4. The Morgan fingerprint density at radius 2 is 2.00 bits per heavy atom. The highest BCUT2D eigenvalue weighted by atomic mass is 32.2. The minimum atomic E-state index is -2.19. The molecule has 4 atom stereocenters. The molecule has 2 heterocycles. The molecule has 33 heavy (non-hydrogen) atoms. The first kappa shape index (κ1) is 23.6. The van der Waals surface area contributed by atoms with Gasteiger partial charge in [-0.05, 0) is 24.6 Å². The summed E-state index contributed by atoms with van der Waals surface area (Å²) in [5.41, 5.74) is 8.85. The van der Waals surface area contributed by atoms with E-state index in [1.807, 2.05) is 0 Å². The van der Waals surface area contributed by atoms with Gasteiger partial charge in [-0.25, -0.2) is 13.8 Å². The van der Waals surface area contributed by atoms with E-state index in [9.17, 15) is 39.3 Å². The molecule has 174 valence electrons. The lowest BCUT2D eigenvalue weighted by Gasteiger charge is -2.48. The predicted octanol–water partition coefficient (Wildman–Crippen LogP) is 0.754. The van der Waals surface area contributed by atoms with Gasteiger partial charge in [0.25, 0.3) is 11.4 Å². The largest absolute Gasteiger partial charge is 0.508 e. The summed E-state index contributed by atoms with van der Waals surface area (Å²) in [6.07, 6.45) is -2.34. The van der Waals surface area contributed by atoms with Crippen LogP contribution in [0.4, 0.5) is 10.5 Å². The summed E-state index contributed by atoms with van der Waals surface area (Å²) in [5, 5.41) is 18.3. The number of nitro groups is 1. The van der Waals surface area contributed by atoms with Crippen LogP contribution in [0.3, 0.4) is 0 Å². The second-order valence-corrected chi connectivity index (χ2v) is 8.26. The second kappa shape index (κ2) is 9.18. The fourth-order valence-corrected chi connectivity index (χ4v) is 5.06. The molecule has 0 radical (unpaired) electrons. The lowest BCUT2D eigenvalue weighted by molar-refractivity contribution is -0.384. The normalized spacial score (nSPS) is 22.5. The van der Waals surface area contributed by atoms with Crippen molar-refractivity contribution in [3.63, 3.8) is 0 Å². The molecule has 0 aromatic heterocycles. The number of hydrogen-bond donors (Lipinski definition) is 1. The molecule has 1 aromatic rings. The second-order valence-electron chi connectivity index (χ2n) is 6.80. The topological polar surface area (TPSA) is 199 Å². The van der Waals surface area contributed by atoms with E-state index in [2.05, 4.69) is 4.79 Å². The molecule has 2 aliphatic rings. The van der Waals surface area contributed by atoms with Crippen LogP contribution in [-0.2, 0) is 41.2 Å². The van der Waals surface area contributed by atoms with E-state index in [1.54, 1.807) is 0 Å². The van der Waals surface area contributed by atoms with Crippen molar-refractivity contribution in [1.29, 1.82) is 0 Å². The highest BCUT2D eigenvalue weighted by molar-refractivity contribution is 8.01. The van der Waals surface area contributed by atoms with Crippen molar-refractivity contribution >= 4 is 39.6 Å². The van der Waals surface area contributed by atoms with Gasteiger partial charge in [-0.2, -0.15) is 4.79 Å². The lowest BCUT2D eigenvalue weighted by atomic mass is 9.91. The Hall–Kier alpha value is -4.10. The number of methoxy groups -OCH3 is 1. The number of aliphatic carboxylic acids is 1. The number of β-lactam (4-membered cyclic amide) rings is 1. The average molecular weight is 480 g/mol. The van der Waals surface area contributed by atoms with E-state index in [-0.39, 0.29) is 12.3 Å². The molecule has 1 amide bonds. The van der Waals surface area contributed by atoms with Gasteiger partial charge in [0.15, 0.2) is 16.5 Å². The summed E-state index contributed by atoms with van der Waals surface area (Å²) in [5.74, 6) is -4.09. The van der Waals surface area contributed by atoms with Crippen molar-refractivity contribution in [1.82, 2.24) is 4.90 Å². The number of carbonyl (C=O) groups excluding carboxylic acids is 2. The SMILES string of the molecule is COC1=C(C(=O)O)N2C(=O)[C@H](C(C)OC(=O)OCc3ccc([N+](=O)[O-])cc3)[C@@H]2[S@@](=O)C1=[N+]=[N-]. The molecule has 15 heteroatoms. The van der Waals surface area contributed by atoms with Crippen LogP contribution in [0.1, 0.15) is 12.5 Å². The Balaban J connectivity index is 1.70. The molecule has 0 saturated carbocycles. The van der Waals surface area contributed by atoms with Crippen molar-refractivity contribution in [3.8, 4) is 0 Å². The molecule has 0 bridgehead atoms. The summed E-state index contributed by atoms with van der Waals surface area (Å²) in [6, 6.07) is 5.23. The standard InChI is InChI=1S/C18H16N4O10S/c1-8(32-18(26)31-7-9-3-5-10(6-4-9)22(27)28)11-15(23)21-12(17(24)25)13(30-2)14(20-19)33(29)16(11)21/h3-6,8,11,16H,7H2,1-2H3,(H,24,25)/t8?,11-,16-,33-/m0/s1. The molecule has 0 aliphatic carbocycles. The number of amides is 1. The van der Waals surface area contributed by atoms with Gasteiger partial charge in [0, 0.05) is 12.1 Å². The summed E-state index contributed by atoms with van der Waals surface area (Å²) in [4.78, 5) is 50.0. The summed E-state index contributed by atoms with van der Waals surface area (Å²) < 4.78 is 27.7. The lowest BCUT2D eigenvalue weighted by Crippen LogP contribution is -2.69. The van der Waals surface area contributed by atoms with E-state index < -0.39 is 67.7 Å². The van der Waals surface area contributed by atoms with E-state index in [0.29, 0.717) is 5.56 Å². The minimum absolute atomic E-state index is 0.138. The minimum Gasteiger partial charge on any atom is -0.487 e. The van der Waals surface area contributed by atoms with Crippen LogP contribution in [0, 0.1) is 16.0 Å². The fourth-order valence-electron chi connectivity index (χ4n) is 3.39. The Morgan fingerprint density at radius 3 is 2.52 bits per heavy atom. The van der Waals surface area contributed by atoms with Gasteiger partial charge in [0.05, 0.1) is 12.0 Å². The van der Waals surface area contributed by atoms with E-state index in [1.165, 1.54) is 31.2 Å². The number of carboxylic acids is 1. The summed E-state index contributed by atoms with van der Waals surface area (Å²) >= 11 is 0. The number of hydrogen-bond acceptors (Lipinski definition) is 9. The van der Waals surface area contributed by atoms with Gasteiger partial charge in [-0.15, -0.1) is 0 Å². The molecule has 14 nitrogen and oxygen atoms in total. The van der Waals surface area contributed by atoms with Crippen LogP contribution in [0.5, 0.6) is 0 Å². The molecular weight excluding hydrogens is 464 g/mol. The molecule has 1 fully saturated rings. The van der Waals surface area contributed by atoms with Gasteiger partial charge in [0.2, 0.25) is 5.91 Å². The molecule has 0 spiro atoms. The van der Waals surface area contributed by atoms with Crippen molar-refractivity contribution in [2.24, 2.45) is 5.92 Å². The maximum absolute atomic E-state index is 12.8. The highest BCUT2D eigenvalue weighted by Crippen LogP contribution is 2.41. The monoisotopic (exact) mass is 480 g/mol. The summed E-state index contributed by atoms with van der Waals surface area (Å²) in [6.45, 7) is 1.06. The average Bonchev–Trinajstić information content (AvgIpc) is 2.77. The van der Waals surface area contributed by atoms with Crippen molar-refractivity contribution in [2.75, 3.05) is 7.11 Å². The van der Waals surface area contributed by atoms with Crippen LogP contribution < -0.4 is 0 Å². The van der Waals surface area contributed by atoms with Crippen molar-refractivity contribution in [3.05, 3.63) is 56.9 Å². The maximum atomic E-state index is 12.8. The number of rotatable bonds is 7. The fraction of sp³-hybridized carbons (Fsp3) is 0.333. The highest BCUT2D eigenvalue weighted by Gasteiger charge is 2.64. The molecular formula is C18H16N4O10S. The first-order chi connectivity index (χ1) is 15.6. The number of benzene rings is 1. The molecule has 2 aliphatic heterocycles.